The molecule has 0 saturated heterocycles. The number of hydrogen-bond donors (Lipinski definition) is 0. The van der Waals surface area contributed by atoms with Crippen molar-refractivity contribution in [1.82, 2.24) is 15.0 Å². The zero-order chi connectivity index (χ0) is 16.6. The van der Waals surface area contributed by atoms with Gasteiger partial charge < -0.3 is 4.74 Å². The fourth-order valence-corrected chi connectivity index (χ4v) is 3.40. The fraction of sp³-hybridized carbons (Fsp3) is 0.600. The number of ether oxygens (including phenoxy) is 1. The molecule has 0 radical (unpaired) electrons. The minimum absolute atomic E-state index is 0.532. The van der Waals surface area contributed by atoms with Crippen molar-refractivity contribution in [3.8, 4) is 17.0 Å². The van der Waals surface area contributed by atoms with E-state index in [-0.39, 0.29) is 0 Å². The third-order valence-corrected chi connectivity index (χ3v) is 4.78. The van der Waals surface area contributed by atoms with Crippen molar-refractivity contribution in [1.29, 1.82) is 0 Å². The number of unbranched alkanes of at least 4 members (excludes halogenated alkanes) is 8. The van der Waals surface area contributed by atoms with Gasteiger partial charge in [0.15, 0.2) is 0 Å². The van der Waals surface area contributed by atoms with E-state index in [4.69, 9.17) is 4.74 Å². The Morgan fingerprint density at radius 2 is 1.67 bits per heavy atom. The Bertz CT molecular complexity index is 636. The van der Waals surface area contributed by atoms with Crippen LogP contribution in [0.2, 0.25) is 0 Å². The monoisotopic (exact) mass is 327 g/mol. The minimum Gasteiger partial charge on any atom is -0.486 e. The lowest BCUT2D eigenvalue weighted by atomic mass is 10.1. The van der Waals surface area contributed by atoms with Gasteiger partial charge in [-0.25, -0.2) is 4.68 Å². The van der Waals surface area contributed by atoms with Gasteiger partial charge in [0.05, 0.1) is 5.69 Å². The number of para-hydroxylation sites is 1. The molecule has 24 heavy (non-hydrogen) atoms. The van der Waals surface area contributed by atoms with Crippen molar-refractivity contribution in [2.75, 3.05) is 0 Å². The second-order valence-electron chi connectivity index (χ2n) is 6.72. The van der Waals surface area contributed by atoms with E-state index >= 15 is 0 Å². The van der Waals surface area contributed by atoms with Crippen molar-refractivity contribution in [2.24, 2.45) is 0 Å². The summed E-state index contributed by atoms with van der Waals surface area (Å²) < 4.78 is 7.81. The van der Waals surface area contributed by atoms with Gasteiger partial charge in [-0.05, 0) is 18.6 Å². The van der Waals surface area contributed by atoms with E-state index in [0.29, 0.717) is 6.61 Å². The highest BCUT2D eigenvalue weighted by Gasteiger charge is 2.22. The SMILES string of the molecule is CCCCCCCCCCCn1nnc2c1-c1ccccc1OC2. The highest BCUT2D eigenvalue weighted by atomic mass is 16.5. The molecule has 0 fully saturated rings. The van der Waals surface area contributed by atoms with E-state index in [9.17, 15) is 0 Å². The number of nitrogens with zero attached hydrogens (tertiary/aromatic N) is 3. The molecule has 0 aliphatic carbocycles. The number of hydrogen-bond acceptors (Lipinski definition) is 3. The van der Waals surface area contributed by atoms with Crippen molar-refractivity contribution >= 4 is 0 Å². The summed E-state index contributed by atoms with van der Waals surface area (Å²) >= 11 is 0. The summed E-state index contributed by atoms with van der Waals surface area (Å²) in [5, 5.41) is 8.65. The Labute approximate surface area is 145 Å². The van der Waals surface area contributed by atoms with Gasteiger partial charge in [0.25, 0.3) is 0 Å². The van der Waals surface area contributed by atoms with Crippen LogP contribution < -0.4 is 4.74 Å². The largest absolute Gasteiger partial charge is 0.486 e. The molecule has 1 aliphatic heterocycles. The molecule has 3 rings (SSSR count). The Balaban J connectivity index is 1.44. The smallest absolute Gasteiger partial charge is 0.134 e. The predicted molar refractivity (Wildman–Crippen MR) is 97.0 cm³/mol. The molecule has 0 N–H and O–H groups in total. The molecule has 2 aromatic rings. The van der Waals surface area contributed by atoms with E-state index in [2.05, 4.69) is 28.0 Å². The average molecular weight is 327 g/mol. The van der Waals surface area contributed by atoms with Crippen molar-refractivity contribution in [3.63, 3.8) is 0 Å². The first-order valence-corrected chi connectivity index (χ1v) is 9.54. The molecule has 4 nitrogen and oxygen atoms in total. The minimum atomic E-state index is 0.532. The summed E-state index contributed by atoms with van der Waals surface area (Å²) in [7, 11) is 0. The van der Waals surface area contributed by atoms with Crippen LogP contribution in [0.15, 0.2) is 24.3 Å². The number of aryl methyl sites for hydroxylation is 1. The summed E-state index contributed by atoms with van der Waals surface area (Å²) in [6, 6.07) is 8.18. The van der Waals surface area contributed by atoms with Crippen molar-refractivity contribution in [3.05, 3.63) is 30.0 Å². The van der Waals surface area contributed by atoms with Crippen LogP contribution in [0.4, 0.5) is 0 Å². The van der Waals surface area contributed by atoms with Gasteiger partial charge in [0.2, 0.25) is 0 Å². The Hall–Kier alpha value is -1.84. The second-order valence-corrected chi connectivity index (χ2v) is 6.72. The Morgan fingerprint density at radius 1 is 0.958 bits per heavy atom. The molecule has 0 atom stereocenters. The van der Waals surface area contributed by atoms with Gasteiger partial charge >= 0.3 is 0 Å². The first kappa shape index (κ1) is 17.0. The maximum absolute atomic E-state index is 5.75. The lowest BCUT2D eigenvalue weighted by Crippen LogP contribution is -2.09. The molecule has 0 spiro atoms. The third-order valence-electron chi connectivity index (χ3n) is 4.78. The van der Waals surface area contributed by atoms with Crippen LogP contribution in [0, 0.1) is 0 Å². The van der Waals surface area contributed by atoms with Crippen LogP contribution in [-0.2, 0) is 13.2 Å². The summed E-state index contributed by atoms with van der Waals surface area (Å²) in [5.41, 5.74) is 3.24. The summed E-state index contributed by atoms with van der Waals surface area (Å²) in [4.78, 5) is 0. The van der Waals surface area contributed by atoms with E-state index in [1.54, 1.807) is 0 Å². The molecule has 1 aliphatic rings. The van der Waals surface area contributed by atoms with Crippen molar-refractivity contribution in [2.45, 2.75) is 77.9 Å². The molecule has 1 aromatic heterocycles. The standard InChI is InChI=1S/C20H29N3O/c1-2-3-4-5-6-7-8-9-12-15-23-20-17-13-10-11-14-19(17)24-16-18(20)21-22-23/h10-11,13-14H,2-9,12,15-16H2,1H3. The molecular formula is C20H29N3O. The normalized spacial score (nSPS) is 12.5. The maximum atomic E-state index is 5.75. The Morgan fingerprint density at radius 3 is 2.46 bits per heavy atom. The molecule has 0 amide bonds. The molecule has 0 unspecified atom stereocenters. The van der Waals surface area contributed by atoms with Crippen LogP contribution in [-0.4, -0.2) is 15.0 Å². The lowest BCUT2D eigenvalue weighted by Gasteiger charge is -2.17. The number of rotatable bonds is 10. The van der Waals surface area contributed by atoms with Gasteiger partial charge in [0, 0.05) is 12.1 Å². The van der Waals surface area contributed by atoms with Crippen molar-refractivity contribution < 1.29 is 4.74 Å². The molecule has 1 aromatic carbocycles. The summed E-state index contributed by atoms with van der Waals surface area (Å²) in [5.74, 6) is 0.945. The zero-order valence-electron chi connectivity index (χ0n) is 14.8. The van der Waals surface area contributed by atoms with Crippen LogP contribution >= 0.6 is 0 Å². The second kappa shape index (κ2) is 8.86. The summed E-state index contributed by atoms with van der Waals surface area (Å²) in [6.07, 6.45) is 12.1. The van der Waals surface area contributed by atoms with Crippen LogP contribution in [0.5, 0.6) is 5.75 Å². The predicted octanol–water partition coefficient (Wildman–Crippen LogP) is 5.37. The molecule has 4 heteroatoms. The van der Waals surface area contributed by atoms with Gasteiger partial charge in [-0.3, -0.25) is 0 Å². The third kappa shape index (κ3) is 4.16. The number of aromatic nitrogens is 3. The average Bonchev–Trinajstić information content (AvgIpc) is 3.04. The van der Waals surface area contributed by atoms with Crippen LogP contribution in [0.25, 0.3) is 11.3 Å². The highest BCUT2D eigenvalue weighted by Crippen LogP contribution is 2.36. The Kier molecular flexibility index (Phi) is 6.27. The van der Waals surface area contributed by atoms with E-state index in [1.165, 1.54) is 57.8 Å². The number of benzene rings is 1. The van der Waals surface area contributed by atoms with Gasteiger partial charge in [-0.2, -0.15) is 0 Å². The molecule has 2 heterocycles. The number of fused-ring (bicyclic) bond motifs is 3. The molecule has 130 valence electrons. The van der Waals surface area contributed by atoms with Gasteiger partial charge in [0.1, 0.15) is 18.1 Å². The molecule has 0 saturated carbocycles. The van der Waals surface area contributed by atoms with Gasteiger partial charge in [-0.15, -0.1) is 5.10 Å². The fourth-order valence-electron chi connectivity index (χ4n) is 3.40. The lowest BCUT2D eigenvalue weighted by molar-refractivity contribution is 0.297. The first-order chi connectivity index (χ1) is 11.9. The van der Waals surface area contributed by atoms with Gasteiger partial charge in [-0.1, -0.05) is 75.6 Å². The molecule has 0 bridgehead atoms. The topological polar surface area (TPSA) is 39.9 Å². The summed E-state index contributed by atoms with van der Waals surface area (Å²) in [6.45, 7) is 3.75. The van der Waals surface area contributed by atoms with E-state index in [0.717, 1.165) is 29.2 Å². The van der Waals surface area contributed by atoms with Crippen LogP contribution in [0.3, 0.4) is 0 Å². The van der Waals surface area contributed by atoms with E-state index < -0.39 is 0 Å². The maximum Gasteiger partial charge on any atom is 0.134 e. The van der Waals surface area contributed by atoms with Crippen LogP contribution in [0.1, 0.15) is 70.4 Å². The zero-order valence-corrected chi connectivity index (χ0v) is 14.8. The van der Waals surface area contributed by atoms with E-state index in [1.807, 2.05) is 18.2 Å². The quantitative estimate of drug-likeness (QED) is 0.551. The molecular weight excluding hydrogens is 298 g/mol. The first-order valence-electron chi connectivity index (χ1n) is 9.54. The highest BCUT2D eigenvalue weighted by molar-refractivity contribution is 5.70.